The Labute approximate surface area is 98.4 Å². The summed E-state index contributed by atoms with van der Waals surface area (Å²) < 4.78 is 1.00. The van der Waals surface area contributed by atoms with Crippen LogP contribution in [0.3, 0.4) is 0 Å². The lowest BCUT2D eigenvalue weighted by Crippen LogP contribution is -2.15. The van der Waals surface area contributed by atoms with E-state index in [4.69, 9.17) is 5.11 Å². The highest BCUT2D eigenvalue weighted by molar-refractivity contribution is 9.10. The highest BCUT2D eigenvalue weighted by Gasteiger charge is 2.16. The first kappa shape index (κ1) is 12.2. The molecule has 2 nitrogen and oxygen atoms in total. The van der Waals surface area contributed by atoms with E-state index in [0.29, 0.717) is 12.8 Å². The van der Waals surface area contributed by atoms with Crippen molar-refractivity contribution in [2.45, 2.75) is 26.7 Å². The SMILES string of the molecule is CCC(Cc1cc(Br)ccc1C)C(=O)O. The Balaban J connectivity index is 2.87. The fourth-order valence-corrected chi connectivity index (χ4v) is 1.94. The van der Waals surface area contributed by atoms with Gasteiger partial charge in [0.15, 0.2) is 0 Å². The topological polar surface area (TPSA) is 37.3 Å². The van der Waals surface area contributed by atoms with Gasteiger partial charge < -0.3 is 5.11 Å². The summed E-state index contributed by atoms with van der Waals surface area (Å²) in [5, 5.41) is 8.98. The minimum atomic E-state index is -0.711. The van der Waals surface area contributed by atoms with E-state index in [1.54, 1.807) is 0 Å². The van der Waals surface area contributed by atoms with Crippen molar-refractivity contribution in [3.05, 3.63) is 33.8 Å². The number of hydrogen-bond acceptors (Lipinski definition) is 1. The average molecular weight is 271 g/mol. The van der Waals surface area contributed by atoms with Crippen LogP contribution in [-0.2, 0) is 11.2 Å². The van der Waals surface area contributed by atoms with Gasteiger partial charge in [-0.1, -0.05) is 28.9 Å². The van der Waals surface area contributed by atoms with Gasteiger partial charge in [-0.15, -0.1) is 0 Å². The van der Waals surface area contributed by atoms with Crippen LogP contribution in [0, 0.1) is 12.8 Å². The van der Waals surface area contributed by atoms with E-state index in [2.05, 4.69) is 15.9 Å². The van der Waals surface area contributed by atoms with Crippen LogP contribution in [0.5, 0.6) is 0 Å². The van der Waals surface area contributed by atoms with Crippen LogP contribution in [0.25, 0.3) is 0 Å². The summed E-state index contributed by atoms with van der Waals surface area (Å²) in [4.78, 5) is 10.9. The van der Waals surface area contributed by atoms with Crippen molar-refractivity contribution < 1.29 is 9.90 Å². The minimum absolute atomic E-state index is 0.280. The van der Waals surface area contributed by atoms with Crippen LogP contribution in [0.15, 0.2) is 22.7 Å². The summed E-state index contributed by atoms with van der Waals surface area (Å²) >= 11 is 3.40. The summed E-state index contributed by atoms with van der Waals surface area (Å²) in [7, 11) is 0. The zero-order valence-corrected chi connectivity index (χ0v) is 10.5. The van der Waals surface area contributed by atoms with E-state index < -0.39 is 5.97 Å². The lowest BCUT2D eigenvalue weighted by atomic mass is 9.94. The molecule has 1 N–H and O–H groups in total. The number of aliphatic carboxylic acids is 1. The van der Waals surface area contributed by atoms with Crippen molar-refractivity contribution in [1.82, 2.24) is 0 Å². The Kier molecular flexibility index (Phi) is 4.33. The minimum Gasteiger partial charge on any atom is -0.481 e. The third-order valence-corrected chi connectivity index (χ3v) is 3.11. The summed E-state index contributed by atoms with van der Waals surface area (Å²) in [6, 6.07) is 5.98. The van der Waals surface area contributed by atoms with Crippen molar-refractivity contribution in [3.8, 4) is 0 Å². The predicted molar refractivity (Wildman–Crippen MR) is 64.0 cm³/mol. The van der Waals surface area contributed by atoms with Gasteiger partial charge in [0.05, 0.1) is 5.92 Å². The van der Waals surface area contributed by atoms with E-state index in [-0.39, 0.29) is 5.92 Å². The monoisotopic (exact) mass is 270 g/mol. The van der Waals surface area contributed by atoms with Gasteiger partial charge in [0.1, 0.15) is 0 Å². The number of carboxylic acids is 1. The fourth-order valence-electron chi connectivity index (χ4n) is 1.53. The van der Waals surface area contributed by atoms with Crippen LogP contribution in [0.2, 0.25) is 0 Å². The molecular formula is C12H15BrO2. The molecule has 1 aromatic rings. The van der Waals surface area contributed by atoms with Gasteiger partial charge >= 0.3 is 5.97 Å². The molecular weight excluding hydrogens is 256 g/mol. The first-order valence-electron chi connectivity index (χ1n) is 5.02. The highest BCUT2D eigenvalue weighted by Crippen LogP contribution is 2.20. The quantitative estimate of drug-likeness (QED) is 0.911. The fraction of sp³-hybridized carbons (Fsp3) is 0.417. The highest BCUT2D eigenvalue weighted by atomic mass is 79.9. The maximum Gasteiger partial charge on any atom is 0.306 e. The normalized spacial score (nSPS) is 12.5. The van der Waals surface area contributed by atoms with E-state index in [1.807, 2.05) is 32.0 Å². The Hall–Kier alpha value is -0.830. The third kappa shape index (κ3) is 3.34. The Morgan fingerprint density at radius 3 is 2.73 bits per heavy atom. The van der Waals surface area contributed by atoms with Gasteiger partial charge in [0.2, 0.25) is 0 Å². The van der Waals surface area contributed by atoms with Crippen LogP contribution < -0.4 is 0 Å². The molecule has 0 saturated heterocycles. The molecule has 0 bridgehead atoms. The van der Waals surface area contributed by atoms with Crippen LogP contribution >= 0.6 is 15.9 Å². The van der Waals surface area contributed by atoms with Gasteiger partial charge in [0, 0.05) is 4.47 Å². The number of carbonyl (C=O) groups is 1. The molecule has 82 valence electrons. The molecule has 0 saturated carbocycles. The number of halogens is 1. The molecule has 0 heterocycles. The van der Waals surface area contributed by atoms with E-state index in [9.17, 15) is 4.79 Å². The maximum absolute atomic E-state index is 10.9. The van der Waals surface area contributed by atoms with Crippen LogP contribution in [0.1, 0.15) is 24.5 Å². The molecule has 1 rings (SSSR count). The summed E-state index contributed by atoms with van der Waals surface area (Å²) in [6.07, 6.45) is 1.28. The van der Waals surface area contributed by atoms with Gasteiger partial charge in [-0.3, -0.25) is 4.79 Å². The molecule has 0 aliphatic rings. The molecule has 0 aromatic heterocycles. The second-order valence-corrected chi connectivity index (χ2v) is 4.63. The van der Waals surface area contributed by atoms with Crippen LogP contribution in [0.4, 0.5) is 0 Å². The molecule has 1 atom stereocenters. The lowest BCUT2D eigenvalue weighted by Gasteiger charge is -2.12. The smallest absolute Gasteiger partial charge is 0.306 e. The summed E-state index contributed by atoms with van der Waals surface area (Å²) in [5.74, 6) is -0.991. The molecule has 0 radical (unpaired) electrons. The molecule has 0 spiro atoms. The summed E-state index contributed by atoms with van der Waals surface area (Å²) in [5.41, 5.74) is 2.26. The first-order chi connectivity index (χ1) is 7.04. The van der Waals surface area contributed by atoms with Gasteiger partial charge in [0.25, 0.3) is 0 Å². The largest absolute Gasteiger partial charge is 0.481 e. The lowest BCUT2D eigenvalue weighted by molar-refractivity contribution is -0.141. The van der Waals surface area contributed by atoms with Crippen molar-refractivity contribution in [2.24, 2.45) is 5.92 Å². The molecule has 0 aliphatic heterocycles. The second-order valence-electron chi connectivity index (χ2n) is 3.72. The molecule has 0 amide bonds. The van der Waals surface area contributed by atoms with E-state index in [1.165, 1.54) is 0 Å². The number of carboxylic acid groups (broad SMARTS) is 1. The summed E-state index contributed by atoms with van der Waals surface area (Å²) in [6.45, 7) is 3.92. The molecule has 0 fully saturated rings. The van der Waals surface area contributed by atoms with Crippen molar-refractivity contribution in [3.63, 3.8) is 0 Å². The number of rotatable bonds is 4. The predicted octanol–water partition coefficient (Wildman–Crippen LogP) is 3.41. The number of benzene rings is 1. The molecule has 1 unspecified atom stereocenters. The third-order valence-electron chi connectivity index (χ3n) is 2.62. The Morgan fingerprint density at radius 2 is 2.20 bits per heavy atom. The number of aryl methyl sites for hydroxylation is 1. The zero-order valence-electron chi connectivity index (χ0n) is 8.96. The second kappa shape index (κ2) is 5.31. The Morgan fingerprint density at radius 1 is 1.53 bits per heavy atom. The zero-order chi connectivity index (χ0) is 11.4. The van der Waals surface area contributed by atoms with E-state index in [0.717, 1.165) is 15.6 Å². The van der Waals surface area contributed by atoms with Gasteiger partial charge in [-0.05, 0) is 43.0 Å². The molecule has 0 aliphatic carbocycles. The van der Waals surface area contributed by atoms with Gasteiger partial charge in [-0.2, -0.15) is 0 Å². The Bertz CT molecular complexity index is 361. The maximum atomic E-state index is 10.9. The first-order valence-corrected chi connectivity index (χ1v) is 5.81. The molecule has 15 heavy (non-hydrogen) atoms. The molecule has 1 aromatic carbocycles. The van der Waals surface area contributed by atoms with Crippen molar-refractivity contribution in [1.29, 1.82) is 0 Å². The van der Waals surface area contributed by atoms with Gasteiger partial charge in [-0.25, -0.2) is 0 Å². The average Bonchev–Trinajstić information content (AvgIpc) is 2.18. The number of hydrogen-bond donors (Lipinski definition) is 1. The van der Waals surface area contributed by atoms with Crippen LogP contribution in [-0.4, -0.2) is 11.1 Å². The molecule has 3 heteroatoms. The standard InChI is InChI=1S/C12H15BrO2/c1-3-9(12(14)15)6-10-7-11(13)5-4-8(10)2/h4-5,7,9H,3,6H2,1-2H3,(H,14,15). The van der Waals surface area contributed by atoms with Crippen molar-refractivity contribution in [2.75, 3.05) is 0 Å². The van der Waals surface area contributed by atoms with E-state index >= 15 is 0 Å². The van der Waals surface area contributed by atoms with Crippen molar-refractivity contribution >= 4 is 21.9 Å².